The summed E-state index contributed by atoms with van der Waals surface area (Å²) in [5, 5.41) is 0. The Morgan fingerprint density at radius 3 is 2.06 bits per heavy atom. The molecular formula is C13H13F4N. The van der Waals surface area contributed by atoms with Crippen molar-refractivity contribution >= 4 is 0 Å². The molecule has 0 aromatic heterocycles. The molecule has 0 atom stereocenters. The molecule has 1 nitrogen and oxygen atoms in total. The lowest BCUT2D eigenvalue weighted by Crippen LogP contribution is -2.37. The van der Waals surface area contributed by atoms with Gasteiger partial charge in [0.25, 0.3) is 0 Å². The van der Waals surface area contributed by atoms with Crippen LogP contribution >= 0.6 is 0 Å². The standard InChI is InChI=1S/C13H13F4N/c14-10-7-8(13(15,16)17)1-2-9(10)11(3-4-11)12(18)5-6-12/h1-2,7H,3-6,18H2. The van der Waals surface area contributed by atoms with Crippen LogP contribution in [-0.4, -0.2) is 5.54 Å². The van der Waals surface area contributed by atoms with Crippen LogP contribution in [0.4, 0.5) is 17.6 Å². The van der Waals surface area contributed by atoms with Gasteiger partial charge in [-0.2, -0.15) is 13.2 Å². The molecule has 3 rings (SSSR count). The first-order valence-electron chi connectivity index (χ1n) is 5.95. The maximum absolute atomic E-state index is 13.9. The van der Waals surface area contributed by atoms with Crippen LogP contribution in [0.5, 0.6) is 0 Å². The third kappa shape index (κ3) is 1.56. The zero-order chi connectivity index (χ0) is 13.2. The highest BCUT2D eigenvalue weighted by Gasteiger charge is 2.64. The van der Waals surface area contributed by atoms with Gasteiger partial charge in [-0.3, -0.25) is 0 Å². The number of nitrogens with two attached hydrogens (primary N) is 1. The van der Waals surface area contributed by atoms with Crippen LogP contribution in [0.3, 0.4) is 0 Å². The molecule has 0 aliphatic heterocycles. The molecule has 2 saturated carbocycles. The van der Waals surface area contributed by atoms with Gasteiger partial charge in [0.2, 0.25) is 0 Å². The summed E-state index contributed by atoms with van der Waals surface area (Å²) in [5.74, 6) is -0.779. The Kier molecular flexibility index (Phi) is 2.17. The number of alkyl halides is 3. The van der Waals surface area contributed by atoms with Gasteiger partial charge in [-0.25, -0.2) is 4.39 Å². The van der Waals surface area contributed by atoms with Crippen LogP contribution in [0.15, 0.2) is 18.2 Å². The zero-order valence-corrected chi connectivity index (χ0v) is 9.65. The van der Waals surface area contributed by atoms with E-state index in [0.717, 1.165) is 31.7 Å². The zero-order valence-electron chi connectivity index (χ0n) is 9.65. The molecule has 0 saturated heterocycles. The number of rotatable bonds is 2. The first kappa shape index (κ1) is 12.0. The molecule has 1 aromatic carbocycles. The average Bonchev–Trinajstić information content (AvgIpc) is 3.12. The van der Waals surface area contributed by atoms with Gasteiger partial charge in [-0.15, -0.1) is 0 Å². The van der Waals surface area contributed by atoms with Crippen molar-refractivity contribution in [1.29, 1.82) is 0 Å². The molecule has 2 N–H and O–H groups in total. The second kappa shape index (κ2) is 3.26. The van der Waals surface area contributed by atoms with Gasteiger partial charge in [-0.1, -0.05) is 6.07 Å². The number of hydrogen-bond acceptors (Lipinski definition) is 1. The van der Waals surface area contributed by atoms with Crippen LogP contribution < -0.4 is 5.73 Å². The molecule has 0 amide bonds. The second-order valence-corrected chi connectivity index (χ2v) is 5.43. The second-order valence-electron chi connectivity index (χ2n) is 5.43. The van der Waals surface area contributed by atoms with Gasteiger partial charge in [0, 0.05) is 11.0 Å². The molecule has 2 aliphatic carbocycles. The number of benzene rings is 1. The molecule has 98 valence electrons. The molecule has 5 heteroatoms. The Morgan fingerprint density at radius 2 is 1.67 bits per heavy atom. The van der Waals surface area contributed by atoms with Crippen LogP contribution in [-0.2, 0) is 11.6 Å². The third-order valence-corrected chi connectivity index (χ3v) is 4.30. The average molecular weight is 259 g/mol. The molecule has 18 heavy (non-hydrogen) atoms. The van der Waals surface area contributed by atoms with E-state index in [1.165, 1.54) is 6.07 Å². The lowest BCUT2D eigenvalue weighted by atomic mass is 9.85. The van der Waals surface area contributed by atoms with Gasteiger partial charge in [0.1, 0.15) is 5.82 Å². The normalized spacial score (nSPS) is 23.8. The van der Waals surface area contributed by atoms with E-state index >= 15 is 0 Å². The van der Waals surface area contributed by atoms with E-state index in [9.17, 15) is 17.6 Å². The summed E-state index contributed by atoms with van der Waals surface area (Å²) < 4.78 is 51.3. The van der Waals surface area contributed by atoms with Crippen molar-refractivity contribution in [1.82, 2.24) is 0 Å². The summed E-state index contributed by atoms with van der Waals surface area (Å²) >= 11 is 0. The first-order chi connectivity index (χ1) is 8.29. The number of hydrogen-bond donors (Lipinski definition) is 1. The van der Waals surface area contributed by atoms with E-state index in [4.69, 9.17) is 5.73 Å². The summed E-state index contributed by atoms with van der Waals surface area (Å²) in [4.78, 5) is 0. The van der Waals surface area contributed by atoms with E-state index < -0.39 is 28.5 Å². The minimum Gasteiger partial charge on any atom is -0.324 e. The third-order valence-electron chi connectivity index (χ3n) is 4.30. The molecule has 0 bridgehead atoms. The van der Waals surface area contributed by atoms with Crippen molar-refractivity contribution in [3.05, 3.63) is 35.1 Å². The predicted molar refractivity (Wildman–Crippen MR) is 58.5 cm³/mol. The van der Waals surface area contributed by atoms with E-state index in [1.807, 2.05) is 0 Å². The van der Waals surface area contributed by atoms with Gasteiger partial charge in [0.15, 0.2) is 0 Å². The fourth-order valence-corrected chi connectivity index (χ4v) is 2.85. The van der Waals surface area contributed by atoms with Crippen molar-refractivity contribution in [2.45, 2.75) is 42.8 Å². The Morgan fingerprint density at radius 1 is 1.06 bits per heavy atom. The van der Waals surface area contributed by atoms with E-state index in [-0.39, 0.29) is 0 Å². The Balaban J connectivity index is 2.00. The predicted octanol–water partition coefficient (Wildman–Crippen LogP) is 3.37. The van der Waals surface area contributed by atoms with Gasteiger partial charge in [-0.05, 0) is 43.4 Å². The molecule has 2 fully saturated rings. The summed E-state index contributed by atoms with van der Waals surface area (Å²) in [7, 11) is 0. The SMILES string of the molecule is NC1(C2(c3ccc(C(F)(F)F)cc3F)CC2)CC1. The maximum atomic E-state index is 13.9. The smallest absolute Gasteiger partial charge is 0.324 e. The van der Waals surface area contributed by atoms with Crippen LogP contribution in [0.25, 0.3) is 0 Å². The van der Waals surface area contributed by atoms with Crippen molar-refractivity contribution in [2.75, 3.05) is 0 Å². The molecule has 0 spiro atoms. The van der Waals surface area contributed by atoms with E-state index in [0.29, 0.717) is 11.6 Å². The van der Waals surface area contributed by atoms with E-state index in [1.54, 1.807) is 0 Å². The maximum Gasteiger partial charge on any atom is 0.416 e. The largest absolute Gasteiger partial charge is 0.416 e. The summed E-state index contributed by atoms with van der Waals surface area (Å²) in [6.45, 7) is 0. The summed E-state index contributed by atoms with van der Waals surface area (Å²) in [6.07, 6.45) is -1.31. The Labute approximate surface area is 102 Å². The highest BCUT2D eigenvalue weighted by atomic mass is 19.4. The minimum atomic E-state index is -4.50. The van der Waals surface area contributed by atoms with Gasteiger partial charge < -0.3 is 5.73 Å². The molecule has 0 unspecified atom stereocenters. The molecule has 2 aliphatic rings. The van der Waals surface area contributed by atoms with Crippen molar-refractivity contribution in [2.24, 2.45) is 5.73 Å². The van der Waals surface area contributed by atoms with Crippen LogP contribution in [0, 0.1) is 5.82 Å². The van der Waals surface area contributed by atoms with Gasteiger partial charge >= 0.3 is 6.18 Å². The highest BCUT2D eigenvalue weighted by molar-refractivity contribution is 5.43. The van der Waals surface area contributed by atoms with Crippen LogP contribution in [0.1, 0.15) is 36.8 Å². The summed E-state index contributed by atoms with van der Waals surface area (Å²) in [6, 6.07) is 2.80. The summed E-state index contributed by atoms with van der Waals surface area (Å²) in [5.41, 5.74) is 4.73. The topological polar surface area (TPSA) is 26.0 Å². The number of halogens is 4. The van der Waals surface area contributed by atoms with E-state index in [2.05, 4.69) is 0 Å². The van der Waals surface area contributed by atoms with Crippen molar-refractivity contribution in [3.63, 3.8) is 0 Å². The fourth-order valence-electron chi connectivity index (χ4n) is 2.85. The van der Waals surface area contributed by atoms with Gasteiger partial charge in [0.05, 0.1) is 5.56 Å². The lowest BCUT2D eigenvalue weighted by Gasteiger charge is -2.24. The minimum absolute atomic E-state index is 0.357. The van der Waals surface area contributed by atoms with Crippen molar-refractivity contribution in [3.8, 4) is 0 Å². The molecule has 0 radical (unpaired) electrons. The lowest BCUT2D eigenvalue weighted by molar-refractivity contribution is -0.137. The first-order valence-corrected chi connectivity index (χ1v) is 5.95. The quantitative estimate of drug-likeness (QED) is 0.810. The molecule has 1 aromatic rings. The van der Waals surface area contributed by atoms with Crippen LogP contribution in [0.2, 0.25) is 0 Å². The fraction of sp³-hybridized carbons (Fsp3) is 0.538. The Hall–Kier alpha value is -1.10. The highest BCUT2D eigenvalue weighted by Crippen LogP contribution is 2.64. The Bertz CT molecular complexity index is 498. The molecule has 0 heterocycles. The van der Waals surface area contributed by atoms with Crippen molar-refractivity contribution < 1.29 is 17.6 Å². The monoisotopic (exact) mass is 259 g/mol. The molecular weight excluding hydrogens is 246 g/mol.